The van der Waals surface area contributed by atoms with Gasteiger partial charge in [0.15, 0.2) is 0 Å². The quantitative estimate of drug-likeness (QED) is 0.759. The van der Waals surface area contributed by atoms with E-state index in [-0.39, 0.29) is 31.3 Å². The van der Waals surface area contributed by atoms with Crippen LogP contribution in [0.2, 0.25) is 0 Å². The number of thiophene rings is 1. The van der Waals surface area contributed by atoms with Crippen molar-refractivity contribution in [1.82, 2.24) is 14.2 Å². The van der Waals surface area contributed by atoms with E-state index in [9.17, 15) is 18.0 Å². The summed E-state index contributed by atoms with van der Waals surface area (Å²) in [4.78, 5) is 26.5. The summed E-state index contributed by atoms with van der Waals surface area (Å²) in [5.41, 5.74) is 0.354. The molecule has 2 aliphatic heterocycles. The fourth-order valence-electron chi connectivity index (χ4n) is 2.82. The molecular formula is C15H20N4O4S2. The standard InChI is InChI=1S/C15H20N4O4S2/c1-11-3-6-14(24-11)25(22,23)19-9-7-18(8-10-19)15(21)12-4-5-13(20)17(2)16-12/h3,6H,4-5,7-10H2,1-2H3. The van der Waals surface area contributed by atoms with Crippen molar-refractivity contribution in [3.63, 3.8) is 0 Å². The van der Waals surface area contributed by atoms with Crippen molar-refractivity contribution in [1.29, 1.82) is 0 Å². The monoisotopic (exact) mass is 384 g/mol. The number of hydrazone groups is 1. The van der Waals surface area contributed by atoms with Crippen molar-refractivity contribution in [3.8, 4) is 0 Å². The normalized spacial score (nSPS) is 19.9. The summed E-state index contributed by atoms with van der Waals surface area (Å²) in [5.74, 6) is -0.331. The predicted molar refractivity (Wildman–Crippen MR) is 93.8 cm³/mol. The Morgan fingerprint density at radius 2 is 1.84 bits per heavy atom. The fraction of sp³-hybridized carbons (Fsp3) is 0.533. The minimum absolute atomic E-state index is 0.112. The molecular weight excluding hydrogens is 364 g/mol. The number of rotatable bonds is 3. The number of hydrogen-bond donors (Lipinski definition) is 0. The van der Waals surface area contributed by atoms with Gasteiger partial charge in [-0.25, -0.2) is 13.4 Å². The minimum atomic E-state index is -3.50. The minimum Gasteiger partial charge on any atom is -0.335 e. The van der Waals surface area contributed by atoms with Gasteiger partial charge in [0, 0.05) is 50.9 Å². The maximum absolute atomic E-state index is 12.6. The van der Waals surface area contributed by atoms with Gasteiger partial charge in [0.1, 0.15) is 9.92 Å². The summed E-state index contributed by atoms with van der Waals surface area (Å²) in [6.45, 7) is 3.02. The lowest BCUT2D eigenvalue weighted by atomic mass is 10.1. The average molecular weight is 384 g/mol. The van der Waals surface area contributed by atoms with Crippen molar-refractivity contribution < 1.29 is 18.0 Å². The molecule has 0 radical (unpaired) electrons. The van der Waals surface area contributed by atoms with Crippen LogP contribution in [-0.4, -0.2) is 73.4 Å². The molecule has 3 rings (SSSR count). The molecule has 10 heteroatoms. The molecule has 0 aromatic carbocycles. The average Bonchev–Trinajstić information content (AvgIpc) is 3.04. The second-order valence-corrected chi connectivity index (χ2v) is 9.48. The summed E-state index contributed by atoms with van der Waals surface area (Å²) in [6, 6.07) is 3.41. The number of amides is 2. The summed E-state index contributed by atoms with van der Waals surface area (Å²) >= 11 is 1.25. The number of sulfonamides is 1. The van der Waals surface area contributed by atoms with Gasteiger partial charge < -0.3 is 4.90 Å². The molecule has 0 spiro atoms. The highest BCUT2D eigenvalue weighted by Crippen LogP contribution is 2.25. The lowest BCUT2D eigenvalue weighted by Gasteiger charge is -2.34. The fourth-order valence-corrected chi connectivity index (χ4v) is 5.68. The molecule has 2 aliphatic rings. The van der Waals surface area contributed by atoms with Gasteiger partial charge in [0.05, 0.1) is 0 Å². The van der Waals surface area contributed by atoms with E-state index >= 15 is 0 Å². The van der Waals surface area contributed by atoms with E-state index in [1.807, 2.05) is 6.92 Å². The molecule has 0 saturated carbocycles. The Hall–Kier alpha value is -1.78. The molecule has 0 unspecified atom stereocenters. The third-order valence-electron chi connectivity index (χ3n) is 4.29. The summed E-state index contributed by atoms with van der Waals surface area (Å²) in [6.07, 6.45) is 0.599. The van der Waals surface area contributed by atoms with E-state index in [4.69, 9.17) is 0 Å². The van der Waals surface area contributed by atoms with Crippen LogP contribution in [0, 0.1) is 6.92 Å². The van der Waals surface area contributed by atoms with Crippen LogP contribution in [-0.2, 0) is 19.6 Å². The SMILES string of the molecule is Cc1ccc(S(=O)(=O)N2CCN(C(=O)C3=NN(C)C(=O)CC3)CC2)s1. The Balaban J connectivity index is 1.65. The van der Waals surface area contributed by atoms with Gasteiger partial charge in [0.25, 0.3) is 15.9 Å². The third kappa shape index (κ3) is 3.60. The second-order valence-electron chi connectivity index (χ2n) is 6.03. The molecule has 8 nitrogen and oxygen atoms in total. The van der Waals surface area contributed by atoms with Crippen LogP contribution in [0.25, 0.3) is 0 Å². The maximum Gasteiger partial charge on any atom is 0.270 e. The molecule has 1 aromatic heterocycles. The van der Waals surface area contributed by atoms with Crippen LogP contribution in [0.1, 0.15) is 17.7 Å². The molecule has 136 valence electrons. The summed E-state index contributed by atoms with van der Waals surface area (Å²) < 4.78 is 27.0. The van der Waals surface area contributed by atoms with E-state index in [1.54, 1.807) is 17.0 Å². The Bertz CT molecular complexity index is 822. The van der Waals surface area contributed by atoms with Gasteiger partial charge in [-0.3, -0.25) is 9.59 Å². The first-order chi connectivity index (χ1) is 11.8. The highest BCUT2D eigenvalue weighted by atomic mass is 32.2. The van der Waals surface area contributed by atoms with Gasteiger partial charge in [-0.05, 0) is 19.1 Å². The van der Waals surface area contributed by atoms with E-state index in [0.717, 1.165) is 4.88 Å². The Morgan fingerprint density at radius 3 is 2.40 bits per heavy atom. The van der Waals surface area contributed by atoms with Crippen LogP contribution in [0.4, 0.5) is 0 Å². The zero-order valence-electron chi connectivity index (χ0n) is 14.1. The smallest absolute Gasteiger partial charge is 0.270 e. The first kappa shape index (κ1) is 18.0. The second kappa shape index (κ2) is 6.85. The lowest BCUT2D eigenvalue weighted by molar-refractivity contribution is -0.130. The lowest BCUT2D eigenvalue weighted by Crippen LogP contribution is -2.52. The molecule has 2 amide bonds. The van der Waals surface area contributed by atoms with Crippen molar-refractivity contribution in [2.24, 2.45) is 5.10 Å². The molecule has 0 atom stereocenters. The number of hydrogen-bond acceptors (Lipinski definition) is 6. The molecule has 0 N–H and O–H groups in total. The van der Waals surface area contributed by atoms with Crippen molar-refractivity contribution >= 4 is 38.9 Å². The molecule has 1 aromatic rings. The van der Waals surface area contributed by atoms with Gasteiger partial charge >= 0.3 is 0 Å². The summed E-state index contributed by atoms with van der Waals surface area (Å²) in [7, 11) is -1.97. The van der Waals surface area contributed by atoms with Crippen LogP contribution < -0.4 is 0 Å². The topological polar surface area (TPSA) is 90.4 Å². The van der Waals surface area contributed by atoms with Crippen LogP contribution in [0.3, 0.4) is 0 Å². The number of piperazine rings is 1. The Labute approximate surface area is 150 Å². The van der Waals surface area contributed by atoms with Gasteiger partial charge in [0.2, 0.25) is 5.91 Å². The van der Waals surface area contributed by atoms with Crippen molar-refractivity contribution in [2.45, 2.75) is 24.0 Å². The highest BCUT2D eigenvalue weighted by Gasteiger charge is 2.33. The van der Waals surface area contributed by atoms with Gasteiger partial charge in [-0.1, -0.05) is 0 Å². The molecule has 3 heterocycles. The van der Waals surface area contributed by atoms with Gasteiger partial charge in [-0.2, -0.15) is 9.41 Å². The van der Waals surface area contributed by atoms with Crippen LogP contribution in [0.15, 0.2) is 21.4 Å². The zero-order chi connectivity index (χ0) is 18.2. The molecule has 1 fully saturated rings. The first-order valence-electron chi connectivity index (χ1n) is 7.99. The highest BCUT2D eigenvalue weighted by molar-refractivity contribution is 7.91. The Kier molecular flexibility index (Phi) is 4.94. The van der Waals surface area contributed by atoms with E-state index in [0.29, 0.717) is 29.4 Å². The van der Waals surface area contributed by atoms with Crippen LogP contribution in [0.5, 0.6) is 0 Å². The van der Waals surface area contributed by atoms with Crippen molar-refractivity contribution in [2.75, 3.05) is 33.2 Å². The summed E-state index contributed by atoms with van der Waals surface area (Å²) in [5, 5.41) is 5.23. The third-order valence-corrected chi connectivity index (χ3v) is 7.66. The predicted octanol–water partition coefficient (Wildman–Crippen LogP) is 0.498. The van der Waals surface area contributed by atoms with E-state index < -0.39 is 10.0 Å². The molecule has 1 saturated heterocycles. The first-order valence-corrected chi connectivity index (χ1v) is 10.2. The molecule has 25 heavy (non-hydrogen) atoms. The van der Waals surface area contributed by atoms with Crippen molar-refractivity contribution in [3.05, 3.63) is 17.0 Å². The molecule has 0 bridgehead atoms. The number of carbonyl (C=O) groups is 2. The zero-order valence-corrected chi connectivity index (χ0v) is 15.8. The molecule has 0 aliphatic carbocycles. The number of aryl methyl sites for hydroxylation is 1. The maximum atomic E-state index is 12.6. The number of nitrogens with zero attached hydrogens (tertiary/aromatic N) is 4. The van der Waals surface area contributed by atoms with E-state index in [1.165, 1.54) is 27.7 Å². The Morgan fingerprint density at radius 1 is 1.16 bits per heavy atom. The van der Waals surface area contributed by atoms with E-state index in [2.05, 4.69) is 5.10 Å². The largest absolute Gasteiger partial charge is 0.335 e. The van der Waals surface area contributed by atoms with Gasteiger partial charge in [-0.15, -0.1) is 11.3 Å². The number of carbonyl (C=O) groups excluding carboxylic acids is 2. The van der Waals surface area contributed by atoms with Crippen LogP contribution >= 0.6 is 11.3 Å².